The summed E-state index contributed by atoms with van der Waals surface area (Å²) in [7, 11) is 0. The van der Waals surface area contributed by atoms with Crippen LogP contribution in [-0.2, 0) is 0 Å². The molecule has 0 spiro atoms. The predicted molar refractivity (Wildman–Crippen MR) is 171 cm³/mol. The number of fused-ring (bicyclic) bond motifs is 4. The Kier molecular flexibility index (Phi) is 8.77. The maximum Gasteiger partial charge on any atom is -0.000742 e. The molecule has 0 nitrogen and oxygen atoms in total. The Morgan fingerprint density at radius 3 is 1.08 bits per heavy atom. The van der Waals surface area contributed by atoms with Gasteiger partial charge in [-0.3, -0.25) is 0 Å². The van der Waals surface area contributed by atoms with Crippen molar-refractivity contribution in [3.05, 3.63) is 121 Å². The average molecular weight is 495 g/mol. The highest BCUT2D eigenvalue weighted by molar-refractivity contribution is 6.27. The van der Waals surface area contributed by atoms with Crippen molar-refractivity contribution in [3.8, 4) is 44.5 Å². The molecule has 38 heavy (non-hydrogen) atoms. The van der Waals surface area contributed by atoms with Gasteiger partial charge in [0.2, 0.25) is 0 Å². The van der Waals surface area contributed by atoms with E-state index in [1.165, 1.54) is 66.1 Å². The Morgan fingerprint density at radius 2 is 0.684 bits per heavy atom. The topological polar surface area (TPSA) is 0 Å². The van der Waals surface area contributed by atoms with Crippen LogP contribution in [0, 0.1) is 0 Å². The zero-order valence-corrected chi connectivity index (χ0v) is 23.5. The van der Waals surface area contributed by atoms with Gasteiger partial charge in [0.15, 0.2) is 0 Å². The maximum atomic E-state index is 2.30. The maximum absolute atomic E-state index is 2.30. The molecule has 190 valence electrons. The molecular weight excluding hydrogens is 456 g/mol. The van der Waals surface area contributed by atoms with Gasteiger partial charge in [-0.1, -0.05) is 163 Å². The lowest BCUT2D eigenvalue weighted by atomic mass is 9.82. The summed E-state index contributed by atoms with van der Waals surface area (Å²) in [6.45, 7) is 12.0. The SMILES string of the molecule is CC.CC.CC.c1ccc(-c2c3c(c(-c4ccccc4)c4ccccc24)-c2cccc4cccc-3c24)cc1. The Balaban J connectivity index is 0.000000526. The lowest BCUT2D eigenvalue weighted by Gasteiger charge is -2.20. The number of hydrogen-bond donors (Lipinski definition) is 0. The lowest BCUT2D eigenvalue weighted by Crippen LogP contribution is -1.93. The molecule has 0 aromatic heterocycles. The van der Waals surface area contributed by atoms with Crippen molar-refractivity contribution < 1.29 is 0 Å². The van der Waals surface area contributed by atoms with Gasteiger partial charge in [-0.25, -0.2) is 0 Å². The van der Waals surface area contributed by atoms with Crippen molar-refractivity contribution in [2.75, 3.05) is 0 Å². The van der Waals surface area contributed by atoms with Crippen LogP contribution in [0.5, 0.6) is 0 Å². The minimum Gasteiger partial charge on any atom is -0.0683 e. The van der Waals surface area contributed by atoms with E-state index in [2.05, 4.69) is 121 Å². The molecule has 0 radical (unpaired) electrons. The normalized spacial score (nSPS) is 10.4. The standard InChI is InChI=1S/C32H20.3C2H6/c1-3-11-22(12-4-1)29-24-17-7-8-18-25(24)30(23-13-5-2-6-14-23)32-27-20-10-16-21-15-9-19-26(28(21)27)31(29)32;3*1-2/h1-20H;3*1-2H3. The third kappa shape index (κ3) is 4.41. The van der Waals surface area contributed by atoms with Gasteiger partial charge < -0.3 is 0 Å². The van der Waals surface area contributed by atoms with Crippen LogP contribution in [0.25, 0.3) is 66.1 Å². The second kappa shape index (κ2) is 12.4. The van der Waals surface area contributed by atoms with E-state index in [1.807, 2.05) is 41.5 Å². The van der Waals surface area contributed by atoms with Crippen LogP contribution in [0.2, 0.25) is 0 Å². The van der Waals surface area contributed by atoms with Crippen molar-refractivity contribution in [2.24, 2.45) is 0 Å². The van der Waals surface area contributed by atoms with E-state index in [9.17, 15) is 0 Å². The Bertz CT molecular complexity index is 1520. The molecule has 0 heterocycles. The highest BCUT2D eigenvalue weighted by Gasteiger charge is 2.29. The molecule has 6 aromatic rings. The molecule has 0 unspecified atom stereocenters. The highest BCUT2D eigenvalue weighted by Crippen LogP contribution is 2.57. The van der Waals surface area contributed by atoms with Crippen molar-refractivity contribution in [1.29, 1.82) is 0 Å². The zero-order chi connectivity index (χ0) is 27.1. The van der Waals surface area contributed by atoms with E-state index < -0.39 is 0 Å². The molecule has 6 aromatic carbocycles. The molecule has 1 aliphatic rings. The van der Waals surface area contributed by atoms with Gasteiger partial charge in [0.05, 0.1) is 0 Å². The summed E-state index contributed by atoms with van der Waals surface area (Å²) in [4.78, 5) is 0. The fraction of sp³-hybridized carbons (Fsp3) is 0.158. The molecule has 7 rings (SSSR count). The summed E-state index contributed by atoms with van der Waals surface area (Å²) in [5.41, 5.74) is 10.6. The smallest absolute Gasteiger partial charge is 0.000742 e. The summed E-state index contributed by atoms with van der Waals surface area (Å²) in [6, 6.07) is 44.1. The van der Waals surface area contributed by atoms with E-state index >= 15 is 0 Å². The molecule has 1 aliphatic carbocycles. The quantitative estimate of drug-likeness (QED) is 0.224. The van der Waals surface area contributed by atoms with Crippen LogP contribution in [0.3, 0.4) is 0 Å². The van der Waals surface area contributed by atoms with Crippen LogP contribution in [0.1, 0.15) is 41.5 Å². The van der Waals surface area contributed by atoms with E-state index in [1.54, 1.807) is 0 Å². The third-order valence-electron chi connectivity index (χ3n) is 6.78. The first-order valence-corrected chi connectivity index (χ1v) is 14.1. The summed E-state index contributed by atoms with van der Waals surface area (Å²) in [6.07, 6.45) is 0. The number of benzene rings is 6. The van der Waals surface area contributed by atoms with Gasteiger partial charge in [0.25, 0.3) is 0 Å². The molecular formula is C38H38. The van der Waals surface area contributed by atoms with Crippen LogP contribution < -0.4 is 0 Å². The van der Waals surface area contributed by atoms with Gasteiger partial charge in [-0.05, 0) is 66.1 Å². The third-order valence-corrected chi connectivity index (χ3v) is 6.78. The Labute approximate surface area is 228 Å². The average Bonchev–Trinajstić information content (AvgIpc) is 3.35. The first kappa shape index (κ1) is 26.9. The van der Waals surface area contributed by atoms with Gasteiger partial charge in [0, 0.05) is 0 Å². The van der Waals surface area contributed by atoms with E-state index in [-0.39, 0.29) is 0 Å². The second-order valence-corrected chi connectivity index (χ2v) is 8.49. The molecule has 0 amide bonds. The van der Waals surface area contributed by atoms with E-state index in [4.69, 9.17) is 0 Å². The highest BCUT2D eigenvalue weighted by atomic mass is 14.3. The fourth-order valence-corrected chi connectivity index (χ4v) is 5.54. The zero-order valence-electron chi connectivity index (χ0n) is 23.5. The lowest BCUT2D eigenvalue weighted by molar-refractivity contribution is 1.50. The number of rotatable bonds is 2. The van der Waals surface area contributed by atoms with Crippen molar-refractivity contribution in [3.63, 3.8) is 0 Å². The fourth-order valence-electron chi connectivity index (χ4n) is 5.54. The van der Waals surface area contributed by atoms with Crippen molar-refractivity contribution in [1.82, 2.24) is 0 Å². The molecule has 0 saturated heterocycles. The second-order valence-electron chi connectivity index (χ2n) is 8.49. The van der Waals surface area contributed by atoms with E-state index in [0.29, 0.717) is 0 Å². The van der Waals surface area contributed by atoms with E-state index in [0.717, 1.165) is 0 Å². The van der Waals surface area contributed by atoms with Gasteiger partial charge in [-0.15, -0.1) is 0 Å². The first-order valence-electron chi connectivity index (χ1n) is 14.1. The van der Waals surface area contributed by atoms with Crippen LogP contribution in [-0.4, -0.2) is 0 Å². The summed E-state index contributed by atoms with van der Waals surface area (Å²) in [5, 5.41) is 5.29. The van der Waals surface area contributed by atoms with Crippen LogP contribution in [0.4, 0.5) is 0 Å². The predicted octanol–water partition coefficient (Wildman–Crippen LogP) is 12.1. The van der Waals surface area contributed by atoms with Crippen molar-refractivity contribution in [2.45, 2.75) is 41.5 Å². The minimum atomic E-state index is 1.27. The molecule has 0 saturated carbocycles. The van der Waals surface area contributed by atoms with Crippen molar-refractivity contribution >= 4 is 21.5 Å². The molecule has 0 fully saturated rings. The minimum absolute atomic E-state index is 1.27. The van der Waals surface area contributed by atoms with Gasteiger partial charge in [0.1, 0.15) is 0 Å². The molecule has 0 N–H and O–H groups in total. The first-order chi connectivity index (χ1) is 18.9. The van der Waals surface area contributed by atoms with Gasteiger partial charge in [-0.2, -0.15) is 0 Å². The summed E-state index contributed by atoms with van der Waals surface area (Å²) in [5.74, 6) is 0. The molecule has 0 heteroatoms. The van der Waals surface area contributed by atoms with Gasteiger partial charge >= 0.3 is 0 Å². The molecule has 0 bridgehead atoms. The summed E-state index contributed by atoms with van der Waals surface area (Å²) >= 11 is 0. The van der Waals surface area contributed by atoms with Crippen LogP contribution >= 0.6 is 0 Å². The number of hydrogen-bond acceptors (Lipinski definition) is 0. The van der Waals surface area contributed by atoms with Crippen LogP contribution in [0.15, 0.2) is 121 Å². The Morgan fingerprint density at radius 1 is 0.316 bits per heavy atom. The molecule has 0 aliphatic heterocycles. The Hall–Kier alpha value is -4.16. The molecule has 0 atom stereocenters. The largest absolute Gasteiger partial charge is 0.0683 e. The summed E-state index contributed by atoms with van der Waals surface area (Å²) < 4.78 is 0. The monoisotopic (exact) mass is 494 g/mol.